The van der Waals surface area contributed by atoms with Gasteiger partial charge in [0.1, 0.15) is 5.82 Å². The summed E-state index contributed by atoms with van der Waals surface area (Å²) in [6, 6.07) is 5.99. The summed E-state index contributed by atoms with van der Waals surface area (Å²) in [5, 5.41) is 4.96. The summed E-state index contributed by atoms with van der Waals surface area (Å²) in [6.45, 7) is 0. The highest BCUT2D eigenvalue weighted by molar-refractivity contribution is 5.59. The first-order chi connectivity index (χ1) is 11.0. The smallest absolute Gasteiger partial charge is 0.313 e. The molecule has 0 saturated carbocycles. The third-order valence-electron chi connectivity index (χ3n) is 3.46. The van der Waals surface area contributed by atoms with Crippen molar-refractivity contribution in [3.63, 3.8) is 0 Å². The average molecular weight is 316 g/mol. The lowest BCUT2D eigenvalue weighted by Gasteiger charge is -2.05. The summed E-state index contributed by atoms with van der Waals surface area (Å²) in [5.41, 5.74) is 0.231. The van der Waals surface area contributed by atoms with Gasteiger partial charge in [-0.25, -0.2) is 4.39 Å². The fourth-order valence-electron chi connectivity index (χ4n) is 2.28. The summed E-state index contributed by atoms with van der Waals surface area (Å²) in [5.74, 6) is -0.451. The largest absolute Gasteiger partial charge is 0.323 e. The van der Waals surface area contributed by atoms with Gasteiger partial charge < -0.3 is 9.97 Å². The van der Waals surface area contributed by atoms with Crippen molar-refractivity contribution in [1.82, 2.24) is 20.2 Å². The van der Waals surface area contributed by atoms with Gasteiger partial charge in [-0.2, -0.15) is 0 Å². The van der Waals surface area contributed by atoms with Crippen LogP contribution in [0.4, 0.5) is 4.39 Å². The van der Waals surface area contributed by atoms with E-state index in [4.69, 9.17) is 0 Å². The molecule has 2 heterocycles. The van der Waals surface area contributed by atoms with Gasteiger partial charge in [0.15, 0.2) is 0 Å². The highest BCUT2D eigenvalue weighted by Crippen LogP contribution is 2.21. The van der Waals surface area contributed by atoms with Crippen LogP contribution >= 0.6 is 0 Å². The monoisotopic (exact) mass is 316 g/mol. The predicted molar refractivity (Wildman–Crippen MR) is 81.9 cm³/mol. The first-order valence-electron chi connectivity index (χ1n) is 6.90. The van der Waals surface area contributed by atoms with Crippen LogP contribution in [-0.4, -0.2) is 20.2 Å². The number of hydrogen-bond acceptors (Lipinski definition) is 3. The molecule has 0 bridgehead atoms. The van der Waals surface area contributed by atoms with E-state index in [2.05, 4.69) is 20.2 Å². The number of aromatic amines is 4. The van der Waals surface area contributed by atoms with E-state index in [9.17, 15) is 18.8 Å². The van der Waals surface area contributed by atoms with Crippen molar-refractivity contribution < 1.29 is 4.39 Å². The predicted octanol–water partition coefficient (Wildman–Crippen LogP) is 0.671. The molecule has 0 atom stereocenters. The third-order valence-corrected chi connectivity index (χ3v) is 3.46. The van der Waals surface area contributed by atoms with Gasteiger partial charge in [0, 0.05) is 23.5 Å². The number of aromatic nitrogens is 4. The second-order valence-corrected chi connectivity index (χ2v) is 5.08. The maximum absolute atomic E-state index is 14.1. The van der Waals surface area contributed by atoms with Crippen molar-refractivity contribution in [1.29, 1.82) is 0 Å². The van der Waals surface area contributed by atoms with E-state index in [1.54, 1.807) is 12.1 Å². The van der Waals surface area contributed by atoms with E-state index in [0.29, 0.717) is 29.8 Å². The van der Waals surface area contributed by atoms with E-state index in [-0.39, 0.29) is 5.56 Å². The molecule has 0 saturated heterocycles. The summed E-state index contributed by atoms with van der Waals surface area (Å²) in [4.78, 5) is 38.1. The Bertz CT molecular complexity index is 1010. The molecule has 0 unspecified atom stereocenters. The molecule has 0 spiro atoms. The zero-order chi connectivity index (χ0) is 16.4. The lowest BCUT2D eigenvalue weighted by molar-refractivity contribution is 0.628. The van der Waals surface area contributed by atoms with Gasteiger partial charge in [0.2, 0.25) is 0 Å². The second-order valence-electron chi connectivity index (χ2n) is 5.08. The molecule has 0 fully saturated rings. The zero-order valence-corrected chi connectivity index (χ0v) is 11.9. The number of halogens is 1. The third kappa shape index (κ3) is 3.20. The van der Waals surface area contributed by atoms with Gasteiger partial charge in [0.05, 0.1) is 5.69 Å². The molecule has 3 rings (SSSR count). The Hall–Kier alpha value is -3.16. The Balaban J connectivity index is 1.78. The standard InChI is InChI=1S/C15H13FN4O3/c16-11-5-8(1-3-9-7-17-14(22)15(23)18-9)2-4-10(11)12-6-13(21)20-19-12/h2,4-7H,1,3H2,(H,17,22)(H,18,23)(H2,19,20,21). The fourth-order valence-corrected chi connectivity index (χ4v) is 2.28. The van der Waals surface area contributed by atoms with E-state index < -0.39 is 16.9 Å². The van der Waals surface area contributed by atoms with Crippen molar-refractivity contribution >= 4 is 0 Å². The second kappa shape index (κ2) is 5.91. The molecule has 3 aromatic rings. The van der Waals surface area contributed by atoms with Crippen molar-refractivity contribution in [2.75, 3.05) is 0 Å². The van der Waals surface area contributed by atoms with Crippen LogP contribution in [0.15, 0.2) is 44.8 Å². The van der Waals surface area contributed by atoms with Crippen molar-refractivity contribution in [3.05, 3.63) is 78.6 Å². The maximum atomic E-state index is 14.1. The van der Waals surface area contributed by atoms with Crippen LogP contribution in [0, 0.1) is 5.82 Å². The minimum absolute atomic E-state index is 0.296. The minimum atomic E-state index is -0.708. The highest BCUT2D eigenvalue weighted by atomic mass is 19.1. The van der Waals surface area contributed by atoms with Gasteiger partial charge in [0.25, 0.3) is 5.56 Å². The zero-order valence-electron chi connectivity index (χ0n) is 11.9. The molecular formula is C15H13FN4O3. The van der Waals surface area contributed by atoms with E-state index in [0.717, 1.165) is 5.56 Å². The first kappa shape index (κ1) is 14.8. The number of hydrogen-bond donors (Lipinski definition) is 4. The van der Waals surface area contributed by atoms with Crippen LogP contribution in [0.3, 0.4) is 0 Å². The number of H-pyrrole nitrogens is 4. The number of rotatable bonds is 4. The molecule has 1 aromatic carbocycles. The Morgan fingerprint density at radius 3 is 2.43 bits per heavy atom. The summed E-state index contributed by atoms with van der Waals surface area (Å²) in [6.07, 6.45) is 2.37. The number of nitrogens with one attached hydrogen (secondary N) is 4. The lowest BCUT2D eigenvalue weighted by Crippen LogP contribution is -2.29. The molecule has 4 N–H and O–H groups in total. The summed E-state index contributed by atoms with van der Waals surface area (Å²) in [7, 11) is 0. The SMILES string of the molecule is O=c1cc(-c2ccc(CCc3c[nH]c(=O)c(=O)[nH]3)cc2F)[nH][nH]1. The van der Waals surface area contributed by atoms with Crippen LogP contribution < -0.4 is 16.7 Å². The van der Waals surface area contributed by atoms with Gasteiger partial charge in [-0.15, -0.1) is 0 Å². The molecule has 0 radical (unpaired) electrons. The van der Waals surface area contributed by atoms with Crippen LogP contribution in [0.2, 0.25) is 0 Å². The molecule has 0 amide bonds. The quantitative estimate of drug-likeness (QED) is 0.530. The molecular weight excluding hydrogens is 303 g/mol. The lowest BCUT2D eigenvalue weighted by atomic mass is 10.0. The van der Waals surface area contributed by atoms with Gasteiger partial charge in [-0.3, -0.25) is 24.6 Å². The Kier molecular flexibility index (Phi) is 3.80. The molecule has 23 heavy (non-hydrogen) atoms. The fraction of sp³-hybridized carbons (Fsp3) is 0.133. The summed E-state index contributed by atoms with van der Waals surface area (Å²) < 4.78 is 14.1. The number of aryl methyl sites for hydroxylation is 2. The molecule has 0 aliphatic rings. The van der Waals surface area contributed by atoms with Crippen molar-refractivity contribution in [3.8, 4) is 11.3 Å². The van der Waals surface area contributed by atoms with Gasteiger partial charge >= 0.3 is 11.1 Å². The van der Waals surface area contributed by atoms with E-state index in [1.807, 2.05) is 0 Å². The van der Waals surface area contributed by atoms with E-state index in [1.165, 1.54) is 18.3 Å². The first-order valence-corrected chi connectivity index (χ1v) is 6.90. The van der Waals surface area contributed by atoms with Crippen molar-refractivity contribution in [2.45, 2.75) is 12.8 Å². The molecule has 0 aliphatic heterocycles. The molecule has 118 valence electrons. The van der Waals surface area contributed by atoms with E-state index >= 15 is 0 Å². The number of benzene rings is 1. The van der Waals surface area contributed by atoms with Crippen LogP contribution in [0.1, 0.15) is 11.3 Å². The molecule has 2 aromatic heterocycles. The van der Waals surface area contributed by atoms with Crippen LogP contribution in [0.25, 0.3) is 11.3 Å². The topological polar surface area (TPSA) is 114 Å². The molecule has 0 aliphatic carbocycles. The van der Waals surface area contributed by atoms with Crippen molar-refractivity contribution in [2.24, 2.45) is 0 Å². The van der Waals surface area contributed by atoms with Crippen LogP contribution in [-0.2, 0) is 12.8 Å². The average Bonchev–Trinajstić information content (AvgIpc) is 2.95. The minimum Gasteiger partial charge on any atom is -0.323 e. The normalized spacial score (nSPS) is 10.8. The highest BCUT2D eigenvalue weighted by Gasteiger charge is 2.08. The summed E-state index contributed by atoms with van der Waals surface area (Å²) >= 11 is 0. The van der Waals surface area contributed by atoms with Crippen LogP contribution in [0.5, 0.6) is 0 Å². The molecule has 7 nitrogen and oxygen atoms in total. The maximum Gasteiger partial charge on any atom is 0.313 e. The Labute approximate surface area is 128 Å². The van der Waals surface area contributed by atoms with Gasteiger partial charge in [-0.1, -0.05) is 6.07 Å². The molecule has 8 heteroatoms. The Morgan fingerprint density at radius 1 is 0.957 bits per heavy atom. The van der Waals surface area contributed by atoms with Gasteiger partial charge in [-0.05, 0) is 30.5 Å². The Morgan fingerprint density at radius 2 is 1.78 bits per heavy atom.